The third-order valence-electron chi connectivity index (χ3n) is 5.45. The van der Waals surface area contributed by atoms with E-state index in [9.17, 15) is 0 Å². The van der Waals surface area contributed by atoms with Crippen molar-refractivity contribution in [2.24, 2.45) is 10.7 Å². The Kier molecular flexibility index (Phi) is 8.32. The summed E-state index contributed by atoms with van der Waals surface area (Å²) < 4.78 is 5.37. The lowest BCUT2D eigenvalue weighted by Crippen LogP contribution is -2.46. The lowest BCUT2D eigenvalue weighted by Gasteiger charge is -2.34. The number of morpholine rings is 1. The van der Waals surface area contributed by atoms with Crippen molar-refractivity contribution >= 4 is 11.8 Å². The van der Waals surface area contributed by atoms with Gasteiger partial charge in [0.2, 0.25) is 0 Å². The number of ether oxygens (including phenoxy) is 1. The Labute approximate surface area is 168 Å². The van der Waals surface area contributed by atoms with Crippen molar-refractivity contribution in [3.05, 3.63) is 23.9 Å². The molecule has 156 valence electrons. The number of hydrogen-bond acceptors (Lipinski definition) is 6. The molecule has 2 aliphatic heterocycles. The van der Waals surface area contributed by atoms with Crippen molar-refractivity contribution in [2.45, 2.75) is 19.9 Å². The highest BCUT2D eigenvalue weighted by Crippen LogP contribution is 2.15. The number of piperazine rings is 1. The number of nitrogens with two attached hydrogens (primary N) is 1. The number of nitrogens with zero attached hydrogens (tertiary/aromatic N) is 5. The maximum Gasteiger partial charge on any atom is 0.188 e. The number of likely N-dealkylation sites (N-methyl/N-ethyl adjacent to an activating group) is 1. The summed E-state index contributed by atoms with van der Waals surface area (Å²) >= 11 is 0. The van der Waals surface area contributed by atoms with E-state index in [2.05, 4.69) is 43.0 Å². The molecule has 0 atom stereocenters. The molecule has 0 spiro atoms. The van der Waals surface area contributed by atoms with Gasteiger partial charge in [0.25, 0.3) is 0 Å². The first-order chi connectivity index (χ1) is 13.7. The summed E-state index contributed by atoms with van der Waals surface area (Å²) in [7, 11) is 0. The van der Waals surface area contributed by atoms with Gasteiger partial charge in [-0.15, -0.1) is 0 Å². The van der Waals surface area contributed by atoms with Crippen LogP contribution >= 0.6 is 0 Å². The van der Waals surface area contributed by atoms with Crippen LogP contribution in [-0.2, 0) is 11.3 Å². The van der Waals surface area contributed by atoms with E-state index in [1.807, 2.05) is 12.3 Å². The Morgan fingerprint density at radius 1 is 1.18 bits per heavy atom. The lowest BCUT2D eigenvalue weighted by atomic mass is 10.2. The van der Waals surface area contributed by atoms with Gasteiger partial charge in [0.1, 0.15) is 5.82 Å². The molecular weight excluding hydrogens is 354 g/mol. The van der Waals surface area contributed by atoms with Crippen molar-refractivity contribution in [3.8, 4) is 0 Å². The molecule has 3 heterocycles. The minimum absolute atomic E-state index is 0.511. The summed E-state index contributed by atoms with van der Waals surface area (Å²) in [5.74, 6) is 1.55. The summed E-state index contributed by atoms with van der Waals surface area (Å²) in [5, 5.41) is 3.22. The molecule has 0 unspecified atom stereocenters. The number of aromatic nitrogens is 1. The molecule has 2 fully saturated rings. The first-order valence-electron chi connectivity index (χ1n) is 10.5. The molecule has 0 aromatic carbocycles. The van der Waals surface area contributed by atoms with Gasteiger partial charge >= 0.3 is 0 Å². The average Bonchev–Trinajstić information content (AvgIpc) is 2.76. The fourth-order valence-corrected chi connectivity index (χ4v) is 3.60. The second kappa shape index (κ2) is 11.2. The first kappa shape index (κ1) is 20.8. The van der Waals surface area contributed by atoms with Crippen LogP contribution < -0.4 is 16.0 Å². The number of rotatable bonds is 8. The highest BCUT2D eigenvalue weighted by molar-refractivity contribution is 5.77. The van der Waals surface area contributed by atoms with Crippen molar-refractivity contribution in [3.63, 3.8) is 0 Å². The average molecular weight is 390 g/mol. The van der Waals surface area contributed by atoms with Crippen LogP contribution in [0.4, 0.5) is 5.82 Å². The quantitative estimate of drug-likeness (QED) is 0.377. The molecule has 2 aliphatic rings. The molecular formula is C20H35N7O. The summed E-state index contributed by atoms with van der Waals surface area (Å²) in [6.07, 6.45) is 2.93. The number of aliphatic imine (C=N–C) groups is 1. The predicted octanol–water partition coefficient (Wildman–Crippen LogP) is 0.350. The molecule has 1 aromatic heterocycles. The van der Waals surface area contributed by atoms with Crippen LogP contribution in [0.3, 0.4) is 0 Å². The van der Waals surface area contributed by atoms with Crippen LogP contribution in [0.25, 0.3) is 0 Å². The number of guanidine groups is 1. The standard InChI is InChI=1S/C20H35N7O/c1-2-25-8-10-27(11-9-25)19-16-18(4-6-22-19)17-24-20(21)23-5-3-7-26-12-14-28-15-13-26/h4,6,16H,2-3,5,7-15,17H2,1H3,(H3,21,23,24). The van der Waals surface area contributed by atoms with E-state index in [4.69, 9.17) is 10.5 Å². The highest BCUT2D eigenvalue weighted by atomic mass is 16.5. The van der Waals surface area contributed by atoms with E-state index >= 15 is 0 Å². The molecule has 3 rings (SSSR count). The molecule has 8 nitrogen and oxygen atoms in total. The Hall–Kier alpha value is -1.90. The summed E-state index contributed by atoms with van der Waals surface area (Å²) in [5.41, 5.74) is 7.17. The number of hydrogen-bond donors (Lipinski definition) is 2. The fraction of sp³-hybridized carbons (Fsp3) is 0.700. The van der Waals surface area contributed by atoms with Gasteiger partial charge < -0.3 is 25.6 Å². The third kappa shape index (κ3) is 6.61. The monoisotopic (exact) mass is 389 g/mol. The molecule has 1 aromatic rings. The van der Waals surface area contributed by atoms with Crippen LogP contribution in [0, 0.1) is 0 Å². The fourth-order valence-electron chi connectivity index (χ4n) is 3.60. The molecule has 28 heavy (non-hydrogen) atoms. The molecule has 0 amide bonds. The van der Waals surface area contributed by atoms with E-state index in [1.54, 1.807) is 0 Å². The van der Waals surface area contributed by atoms with Crippen LogP contribution in [0.1, 0.15) is 18.9 Å². The Morgan fingerprint density at radius 2 is 1.96 bits per heavy atom. The van der Waals surface area contributed by atoms with Crippen LogP contribution in [0.5, 0.6) is 0 Å². The summed E-state index contributed by atoms with van der Waals surface area (Å²) in [4.78, 5) is 16.3. The van der Waals surface area contributed by atoms with Crippen LogP contribution in [0.15, 0.2) is 23.3 Å². The smallest absolute Gasteiger partial charge is 0.188 e. The number of nitrogens with one attached hydrogen (secondary N) is 1. The predicted molar refractivity (Wildman–Crippen MR) is 114 cm³/mol. The second-order valence-corrected chi connectivity index (χ2v) is 7.38. The zero-order valence-corrected chi connectivity index (χ0v) is 17.1. The highest BCUT2D eigenvalue weighted by Gasteiger charge is 2.16. The summed E-state index contributed by atoms with van der Waals surface area (Å²) in [6.45, 7) is 13.8. The molecule has 3 N–H and O–H groups in total. The van der Waals surface area contributed by atoms with Crippen molar-refractivity contribution in [1.29, 1.82) is 0 Å². The largest absolute Gasteiger partial charge is 0.379 e. The van der Waals surface area contributed by atoms with Gasteiger partial charge in [-0.1, -0.05) is 6.92 Å². The second-order valence-electron chi connectivity index (χ2n) is 7.38. The summed E-state index contributed by atoms with van der Waals surface area (Å²) in [6, 6.07) is 4.15. The SMILES string of the molecule is CCN1CCN(c2cc(CN=C(N)NCCCN3CCOCC3)ccn2)CC1. The van der Waals surface area contributed by atoms with Crippen molar-refractivity contribution in [2.75, 3.05) is 77.0 Å². The number of pyridine rings is 1. The van der Waals surface area contributed by atoms with Gasteiger partial charge in [0.15, 0.2) is 5.96 Å². The maximum atomic E-state index is 6.03. The van der Waals surface area contributed by atoms with Gasteiger partial charge in [-0.25, -0.2) is 9.98 Å². The van der Waals surface area contributed by atoms with Gasteiger partial charge in [-0.3, -0.25) is 4.90 Å². The zero-order chi connectivity index (χ0) is 19.6. The Morgan fingerprint density at radius 3 is 2.71 bits per heavy atom. The van der Waals surface area contributed by atoms with E-state index < -0.39 is 0 Å². The van der Waals surface area contributed by atoms with Crippen molar-refractivity contribution in [1.82, 2.24) is 20.1 Å². The van der Waals surface area contributed by atoms with Gasteiger partial charge in [-0.2, -0.15) is 0 Å². The van der Waals surface area contributed by atoms with Crippen LogP contribution in [0.2, 0.25) is 0 Å². The van der Waals surface area contributed by atoms with E-state index in [-0.39, 0.29) is 0 Å². The molecule has 2 saturated heterocycles. The van der Waals surface area contributed by atoms with Crippen molar-refractivity contribution < 1.29 is 4.74 Å². The number of anilines is 1. The first-order valence-corrected chi connectivity index (χ1v) is 10.5. The Bertz CT molecular complexity index is 610. The van der Waals surface area contributed by atoms with E-state index in [1.165, 1.54) is 0 Å². The third-order valence-corrected chi connectivity index (χ3v) is 5.45. The van der Waals surface area contributed by atoms with Gasteiger partial charge in [0, 0.05) is 52.0 Å². The zero-order valence-electron chi connectivity index (χ0n) is 17.1. The Balaban J connectivity index is 1.39. The molecule has 8 heteroatoms. The normalized spacial score (nSPS) is 19.8. The van der Waals surface area contributed by atoms with E-state index in [0.717, 1.165) is 89.9 Å². The van der Waals surface area contributed by atoms with Gasteiger partial charge in [0.05, 0.1) is 19.8 Å². The minimum atomic E-state index is 0.511. The molecule has 0 aliphatic carbocycles. The minimum Gasteiger partial charge on any atom is -0.379 e. The maximum absolute atomic E-state index is 6.03. The van der Waals surface area contributed by atoms with Gasteiger partial charge in [-0.05, 0) is 37.2 Å². The van der Waals surface area contributed by atoms with E-state index in [0.29, 0.717) is 12.5 Å². The van der Waals surface area contributed by atoms with Crippen LogP contribution in [-0.4, -0.2) is 92.9 Å². The lowest BCUT2D eigenvalue weighted by molar-refractivity contribution is 0.0376. The molecule has 0 radical (unpaired) electrons. The molecule has 0 saturated carbocycles. The topological polar surface area (TPSA) is 82.2 Å². The molecule has 0 bridgehead atoms.